The molecule has 5 heteroatoms. The van der Waals surface area contributed by atoms with Crippen molar-refractivity contribution in [2.24, 2.45) is 5.41 Å². The second kappa shape index (κ2) is 11.3. The maximum atomic E-state index is 12.2. The van der Waals surface area contributed by atoms with E-state index in [1.807, 2.05) is 20.8 Å². The van der Waals surface area contributed by atoms with Crippen LogP contribution in [-0.4, -0.2) is 31.3 Å². The van der Waals surface area contributed by atoms with E-state index < -0.39 is 23.5 Å². The number of hydrogen-bond acceptors (Lipinski definition) is 4. The SMILES string of the molecule is CCCCCCCCOC(=O)C(NC(=O)OCC)C(C)(C)C. The molecule has 0 saturated carbocycles. The normalized spacial score (nSPS) is 12.6. The summed E-state index contributed by atoms with van der Waals surface area (Å²) in [7, 11) is 0. The number of hydrogen-bond donors (Lipinski definition) is 1. The van der Waals surface area contributed by atoms with E-state index in [0.29, 0.717) is 6.61 Å². The highest BCUT2D eigenvalue weighted by molar-refractivity contribution is 5.82. The van der Waals surface area contributed by atoms with Crippen molar-refractivity contribution in [3.8, 4) is 0 Å². The zero-order valence-electron chi connectivity index (χ0n) is 14.9. The molecule has 5 nitrogen and oxygen atoms in total. The maximum Gasteiger partial charge on any atom is 0.407 e. The van der Waals surface area contributed by atoms with E-state index >= 15 is 0 Å². The summed E-state index contributed by atoms with van der Waals surface area (Å²) in [6.45, 7) is 10.2. The van der Waals surface area contributed by atoms with Crippen molar-refractivity contribution < 1.29 is 19.1 Å². The van der Waals surface area contributed by atoms with Crippen molar-refractivity contribution in [1.29, 1.82) is 0 Å². The third-order valence-electron chi connectivity index (χ3n) is 3.38. The number of amides is 1. The zero-order chi connectivity index (χ0) is 17.0. The summed E-state index contributed by atoms with van der Waals surface area (Å²) in [5.41, 5.74) is -0.426. The zero-order valence-corrected chi connectivity index (χ0v) is 14.9. The molecule has 0 radical (unpaired) electrons. The molecule has 0 aliphatic carbocycles. The Balaban J connectivity index is 4.16. The van der Waals surface area contributed by atoms with Gasteiger partial charge in [0.05, 0.1) is 13.2 Å². The van der Waals surface area contributed by atoms with Gasteiger partial charge < -0.3 is 14.8 Å². The minimum atomic E-state index is -0.702. The predicted octanol–water partition coefficient (Wildman–Crippen LogP) is 4.05. The quantitative estimate of drug-likeness (QED) is 0.488. The fourth-order valence-electron chi connectivity index (χ4n) is 2.06. The molecule has 0 aromatic carbocycles. The van der Waals surface area contributed by atoms with Gasteiger partial charge in [-0.1, -0.05) is 59.8 Å². The van der Waals surface area contributed by atoms with Gasteiger partial charge in [0, 0.05) is 0 Å². The van der Waals surface area contributed by atoms with Gasteiger partial charge in [-0.15, -0.1) is 0 Å². The van der Waals surface area contributed by atoms with E-state index in [2.05, 4.69) is 12.2 Å². The molecule has 0 bridgehead atoms. The van der Waals surface area contributed by atoms with Crippen molar-refractivity contribution >= 4 is 12.1 Å². The van der Waals surface area contributed by atoms with Gasteiger partial charge in [0.1, 0.15) is 6.04 Å². The van der Waals surface area contributed by atoms with E-state index in [4.69, 9.17) is 9.47 Å². The number of rotatable bonds is 10. The Labute approximate surface area is 135 Å². The minimum absolute atomic E-state index is 0.273. The Hall–Kier alpha value is -1.26. The van der Waals surface area contributed by atoms with Gasteiger partial charge in [0.2, 0.25) is 0 Å². The minimum Gasteiger partial charge on any atom is -0.464 e. The summed E-state index contributed by atoms with van der Waals surface area (Å²) in [6, 6.07) is -0.702. The van der Waals surface area contributed by atoms with Crippen LogP contribution in [0.1, 0.15) is 73.1 Å². The maximum absolute atomic E-state index is 12.2. The number of nitrogens with one attached hydrogen (secondary N) is 1. The molecule has 0 rings (SSSR count). The fourth-order valence-corrected chi connectivity index (χ4v) is 2.06. The lowest BCUT2D eigenvalue weighted by Crippen LogP contribution is -2.50. The number of unbranched alkanes of at least 4 members (excludes halogenated alkanes) is 5. The van der Waals surface area contributed by atoms with Crippen LogP contribution in [0.15, 0.2) is 0 Å². The van der Waals surface area contributed by atoms with Gasteiger partial charge in [0.25, 0.3) is 0 Å². The molecule has 0 aliphatic rings. The van der Waals surface area contributed by atoms with Gasteiger partial charge in [-0.2, -0.15) is 0 Å². The third-order valence-corrected chi connectivity index (χ3v) is 3.38. The van der Waals surface area contributed by atoms with Crippen molar-refractivity contribution in [2.45, 2.75) is 79.2 Å². The summed E-state index contributed by atoms with van der Waals surface area (Å²) in [5, 5.41) is 2.59. The van der Waals surface area contributed by atoms with Crippen LogP contribution in [0.2, 0.25) is 0 Å². The first-order chi connectivity index (χ1) is 10.3. The molecular formula is C17H33NO4. The molecule has 0 fully saturated rings. The Kier molecular flexibility index (Phi) is 10.7. The highest BCUT2D eigenvalue weighted by Crippen LogP contribution is 2.20. The molecule has 0 heterocycles. The van der Waals surface area contributed by atoms with Crippen LogP contribution in [0, 0.1) is 5.41 Å². The Morgan fingerprint density at radius 2 is 1.55 bits per heavy atom. The monoisotopic (exact) mass is 315 g/mol. The topological polar surface area (TPSA) is 64.6 Å². The molecule has 1 atom stereocenters. The Bertz CT molecular complexity index is 323. The van der Waals surface area contributed by atoms with E-state index in [0.717, 1.165) is 12.8 Å². The van der Waals surface area contributed by atoms with Crippen LogP contribution in [0.3, 0.4) is 0 Å². The lowest BCUT2D eigenvalue weighted by Gasteiger charge is -2.29. The van der Waals surface area contributed by atoms with E-state index in [-0.39, 0.29) is 6.61 Å². The van der Waals surface area contributed by atoms with Crippen LogP contribution in [-0.2, 0) is 14.3 Å². The summed E-state index contributed by atoms with van der Waals surface area (Å²) in [4.78, 5) is 23.7. The first kappa shape index (κ1) is 20.7. The second-order valence-electron chi connectivity index (χ2n) is 6.60. The second-order valence-corrected chi connectivity index (χ2v) is 6.60. The van der Waals surface area contributed by atoms with Gasteiger partial charge in [-0.25, -0.2) is 9.59 Å². The Morgan fingerprint density at radius 3 is 2.09 bits per heavy atom. The summed E-state index contributed by atoms with van der Waals surface area (Å²) in [5.74, 6) is -0.394. The Morgan fingerprint density at radius 1 is 0.955 bits per heavy atom. The molecule has 0 aromatic heterocycles. The lowest BCUT2D eigenvalue weighted by molar-refractivity contribution is -0.149. The van der Waals surface area contributed by atoms with Gasteiger partial charge in [0.15, 0.2) is 0 Å². The molecule has 0 saturated heterocycles. The van der Waals surface area contributed by atoms with Crippen LogP contribution in [0.5, 0.6) is 0 Å². The standard InChI is InChI=1S/C17H33NO4/c1-6-8-9-10-11-12-13-22-15(19)14(17(3,4)5)18-16(20)21-7-2/h14H,6-13H2,1-5H3,(H,18,20). The van der Waals surface area contributed by atoms with Gasteiger partial charge >= 0.3 is 12.1 Å². The average Bonchev–Trinajstić information content (AvgIpc) is 2.42. The summed E-state index contributed by atoms with van der Waals surface area (Å²) >= 11 is 0. The van der Waals surface area contributed by atoms with Crippen molar-refractivity contribution in [3.63, 3.8) is 0 Å². The van der Waals surface area contributed by atoms with Gasteiger partial charge in [-0.05, 0) is 18.8 Å². The number of ether oxygens (including phenoxy) is 2. The van der Waals surface area contributed by atoms with Crippen LogP contribution in [0.25, 0.3) is 0 Å². The summed E-state index contributed by atoms with van der Waals surface area (Å²) < 4.78 is 10.1. The van der Waals surface area contributed by atoms with Crippen LogP contribution in [0.4, 0.5) is 4.79 Å². The number of carbonyl (C=O) groups is 2. The highest BCUT2D eigenvalue weighted by Gasteiger charge is 2.34. The van der Waals surface area contributed by atoms with E-state index in [9.17, 15) is 9.59 Å². The first-order valence-electron chi connectivity index (χ1n) is 8.42. The fraction of sp³-hybridized carbons (Fsp3) is 0.882. The predicted molar refractivity (Wildman–Crippen MR) is 87.7 cm³/mol. The van der Waals surface area contributed by atoms with Crippen LogP contribution < -0.4 is 5.32 Å². The summed E-state index contributed by atoms with van der Waals surface area (Å²) in [6.07, 6.45) is 6.25. The van der Waals surface area contributed by atoms with Crippen molar-refractivity contribution in [3.05, 3.63) is 0 Å². The lowest BCUT2D eigenvalue weighted by atomic mass is 9.87. The molecule has 22 heavy (non-hydrogen) atoms. The highest BCUT2D eigenvalue weighted by atomic mass is 16.6. The van der Waals surface area contributed by atoms with Crippen molar-refractivity contribution in [1.82, 2.24) is 5.32 Å². The van der Waals surface area contributed by atoms with Crippen LogP contribution >= 0.6 is 0 Å². The van der Waals surface area contributed by atoms with Crippen molar-refractivity contribution in [2.75, 3.05) is 13.2 Å². The largest absolute Gasteiger partial charge is 0.464 e. The number of carbonyl (C=O) groups excluding carboxylic acids is 2. The van der Waals surface area contributed by atoms with Gasteiger partial charge in [-0.3, -0.25) is 0 Å². The average molecular weight is 315 g/mol. The molecule has 130 valence electrons. The molecule has 1 unspecified atom stereocenters. The number of alkyl carbamates (subject to hydrolysis) is 1. The first-order valence-corrected chi connectivity index (χ1v) is 8.42. The van der Waals surface area contributed by atoms with E-state index in [1.54, 1.807) is 6.92 Å². The molecule has 0 spiro atoms. The molecule has 1 amide bonds. The molecule has 0 aromatic rings. The van der Waals surface area contributed by atoms with E-state index in [1.165, 1.54) is 25.7 Å². The molecular weight excluding hydrogens is 282 g/mol. The smallest absolute Gasteiger partial charge is 0.407 e. The molecule has 1 N–H and O–H groups in total. The number of esters is 1. The third kappa shape index (κ3) is 9.64. The molecule has 0 aliphatic heterocycles.